The molecule has 1 aromatic carbocycles. The Morgan fingerprint density at radius 3 is 2.90 bits per heavy atom. The molecule has 150 valence electrons. The van der Waals surface area contributed by atoms with Crippen molar-refractivity contribution in [3.63, 3.8) is 0 Å². The Labute approximate surface area is 173 Å². The number of fused-ring (bicyclic) bond motifs is 1. The highest BCUT2D eigenvalue weighted by Gasteiger charge is 2.15. The maximum Gasteiger partial charge on any atom is 0.174 e. The van der Waals surface area contributed by atoms with Gasteiger partial charge in [0, 0.05) is 37.7 Å². The molecule has 0 spiro atoms. The molecule has 0 saturated carbocycles. The van der Waals surface area contributed by atoms with E-state index in [0.29, 0.717) is 19.0 Å². The summed E-state index contributed by atoms with van der Waals surface area (Å²) < 4.78 is 18.1. The smallest absolute Gasteiger partial charge is 0.174 e. The van der Waals surface area contributed by atoms with Crippen molar-refractivity contribution < 1.29 is 14.0 Å². The van der Waals surface area contributed by atoms with Crippen LogP contribution in [0.4, 0.5) is 0 Å². The molecule has 8 heteroatoms. The van der Waals surface area contributed by atoms with Crippen molar-refractivity contribution in [2.45, 2.75) is 24.3 Å². The van der Waals surface area contributed by atoms with E-state index in [-0.39, 0.29) is 0 Å². The van der Waals surface area contributed by atoms with Crippen LogP contribution in [0.25, 0.3) is 16.7 Å². The number of ether oxygens (including phenoxy) is 2. The second-order valence-corrected chi connectivity index (χ2v) is 7.41. The van der Waals surface area contributed by atoms with Crippen LogP contribution >= 0.6 is 11.8 Å². The van der Waals surface area contributed by atoms with Crippen LogP contribution < -0.4 is 4.74 Å². The predicted octanol–water partition coefficient (Wildman–Crippen LogP) is 4.42. The van der Waals surface area contributed by atoms with Gasteiger partial charge in [-0.25, -0.2) is 4.98 Å². The third-order valence-electron chi connectivity index (χ3n) is 4.55. The number of para-hydroxylation sites is 2. The largest absolute Gasteiger partial charge is 0.493 e. The molecule has 0 aliphatic carbocycles. The van der Waals surface area contributed by atoms with Crippen LogP contribution in [0.5, 0.6) is 5.75 Å². The van der Waals surface area contributed by atoms with Crippen LogP contribution in [-0.2, 0) is 10.5 Å². The molecule has 0 bridgehead atoms. The van der Waals surface area contributed by atoms with Crippen LogP contribution in [0.1, 0.15) is 17.7 Å². The number of hydrogen-bond acceptors (Lipinski definition) is 7. The minimum atomic E-state index is 0.620. The van der Waals surface area contributed by atoms with Gasteiger partial charge in [0.15, 0.2) is 5.16 Å². The number of pyridine rings is 1. The van der Waals surface area contributed by atoms with Crippen molar-refractivity contribution in [1.29, 1.82) is 0 Å². The van der Waals surface area contributed by atoms with Gasteiger partial charge in [-0.2, -0.15) is 0 Å². The van der Waals surface area contributed by atoms with Gasteiger partial charge in [-0.3, -0.25) is 9.55 Å². The van der Waals surface area contributed by atoms with Crippen molar-refractivity contribution in [3.05, 3.63) is 60.2 Å². The maximum atomic E-state index is 5.89. The van der Waals surface area contributed by atoms with Gasteiger partial charge in [-0.15, -0.1) is 0 Å². The molecule has 0 N–H and O–H groups in total. The summed E-state index contributed by atoms with van der Waals surface area (Å²) in [6.07, 6.45) is 5.95. The summed E-state index contributed by atoms with van der Waals surface area (Å²) in [5.41, 5.74) is 4.81. The van der Waals surface area contributed by atoms with Gasteiger partial charge in [0.05, 0.1) is 29.5 Å². The van der Waals surface area contributed by atoms with E-state index in [1.54, 1.807) is 37.5 Å². The van der Waals surface area contributed by atoms with Crippen molar-refractivity contribution in [2.24, 2.45) is 0 Å². The molecule has 4 aromatic rings. The number of methoxy groups -OCH3 is 1. The van der Waals surface area contributed by atoms with Gasteiger partial charge in [0.2, 0.25) is 0 Å². The SMILES string of the molecule is COCCCOc1ccnc(CSc2nc3ccccc3n2-c2cnoc2)c1C. The quantitative estimate of drug-likeness (QED) is 0.298. The zero-order valence-corrected chi connectivity index (χ0v) is 17.2. The Kier molecular flexibility index (Phi) is 6.12. The predicted molar refractivity (Wildman–Crippen MR) is 112 cm³/mol. The molecule has 3 aromatic heterocycles. The van der Waals surface area contributed by atoms with E-state index in [2.05, 4.69) is 14.7 Å². The number of thioether (sulfide) groups is 1. The lowest BCUT2D eigenvalue weighted by atomic mass is 10.2. The number of benzene rings is 1. The van der Waals surface area contributed by atoms with Crippen molar-refractivity contribution in [3.8, 4) is 11.4 Å². The molecule has 29 heavy (non-hydrogen) atoms. The Morgan fingerprint density at radius 1 is 1.17 bits per heavy atom. The second kappa shape index (κ2) is 9.11. The number of aromatic nitrogens is 4. The average molecular weight is 410 g/mol. The molecule has 7 nitrogen and oxygen atoms in total. The van der Waals surface area contributed by atoms with Gasteiger partial charge in [0.25, 0.3) is 0 Å². The standard InChI is InChI=1S/C21H22N4O3S/c1-15-18(22-9-8-20(15)27-11-5-10-26-2)14-29-21-24-17-6-3-4-7-19(17)25(21)16-12-23-28-13-16/h3-4,6-9,12-13H,5,10-11,14H2,1-2H3. The first-order valence-corrected chi connectivity index (χ1v) is 10.3. The fourth-order valence-electron chi connectivity index (χ4n) is 3.04. The Morgan fingerprint density at radius 2 is 2.07 bits per heavy atom. The van der Waals surface area contributed by atoms with E-state index in [9.17, 15) is 0 Å². The summed E-state index contributed by atoms with van der Waals surface area (Å²) in [5, 5.41) is 4.70. The van der Waals surface area contributed by atoms with E-state index in [1.165, 1.54) is 0 Å². The summed E-state index contributed by atoms with van der Waals surface area (Å²) in [4.78, 5) is 9.34. The number of imidazole rings is 1. The number of rotatable bonds is 9. The van der Waals surface area contributed by atoms with Crippen LogP contribution in [-0.4, -0.2) is 40.0 Å². The van der Waals surface area contributed by atoms with Gasteiger partial charge in [0.1, 0.15) is 17.7 Å². The zero-order chi connectivity index (χ0) is 20.1. The molecule has 0 saturated heterocycles. The van der Waals surface area contributed by atoms with Crippen LogP contribution in [0.3, 0.4) is 0 Å². The van der Waals surface area contributed by atoms with Crippen LogP contribution in [0.15, 0.2) is 58.7 Å². The Balaban J connectivity index is 1.55. The average Bonchev–Trinajstić information content (AvgIpc) is 3.38. The lowest BCUT2D eigenvalue weighted by Gasteiger charge is -2.12. The van der Waals surface area contributed by atoms with E-state index in [4.69, 9.17) is 19.0 Å². The molecule has 0 atom stereocenters. The van der Waals surface area contributed by atoms with E-state index < -0.39 is 0 Å². The first-order chi connectivity index (χ1) is 14.3. The summed E-state index contributed by atoms with van der Waals surface area (Å²) in [7, 11) is 1.69. The highest BCUT2D eigenvalue weighted by Crippen LogP contribution is 2.31. The number of nitrogens with zero attached hydrogens (tertiary/aromatic N) is 4. The lowest BCUT2D eigenvalue weighted by molar-refractivity contribution is 0.172. The summed E-state index contributed by atoms with van der Waals surface area (Å²) in [5.74, 6) is 1.54. The minimum absolute atomic E-state index is 0.620. The Hall–Kier alpha value is -2.84. The summed E-state index contributed by atoms with van der Waals surface area (Å²) in [6, 6.07) is 9.93. The first-order valence-electron chi connectivity index (χ1n) is 9.34. The molecule has 3 heterocycles. The molecule has 4 rings (SSSR count). The van der Waals surface area contributed by atoms with Crippen LogP contribution in [0.2, 0.25) is 0 Å². The molecule has 0 radical (unpaired) electrons. The monoisotopic (exact) mass is 410 g/mol. The number of hydrogen-bond donors (Lipinski definition) is 0. The first kappa shape index (κ1) is 19.5. The summed E-state index contributed by atoms with van der Waals surface area (Å²) in [6.45, 7) is 3.35. The second-order valence-electron chi connectivity index (χ2n) is 6.47. The molecular formula is C21H22N4O3S. The highest BCUT2D eigenvalue weighted by atomic mass is 32.2. The van der Waals surface area contributed by atoms with Crippen molar-refractivity contribution in [2.75, 3.05) is 20.3 Å². The van der Waals surface area contributed by atoms with E-state index in [1.807, 2.05) is 37.3 Å². The fraction of sp³-hybridized carbons (Fsp3) is 0.286. The van der Waals surface area contributed by atoms with Gasteiger partial charge >= 0.3 is 0 Å². The molecular weight excluding hydrogens is 388 g/mol. The highest BCUT2D eigenvalue weighted by molar-refractivity contribution is 7.98. The molecule has 0 aliphatic rings. The maximum absolute atomic E-state index is 5.89. The normalized spacial score (nSPS) is 11.2. The van der Waals surface area contributed by atoms with E-state index >= 15 is 0 Å². The van der Waals surface area contributed by atoms with Gasteiger partial charge < -0.3 is 14.0 Å². The molecule has 0 aliphatic heterocycles. The Bertz CT molecular complexity index is 1080. The zero-order valence-electron chi connectivity index (χ0n) is 16.4. The van der Waals surface area contributed by atoms with Gasteiger partial charge in [-0.1, -0.05) is 29.1 Å². The molecule has 0 amide bonds. The van der Waals surface area contributed by atoms with Crippen molar-refractivity contribution in [1.82, 2.24) is 19.7 Å². The third kappa shape index (κ3) is 4.28. The molecule has 0 fully saturated rings. The summed E-state index contributed by atoms with van der Waals surface area (Å²) >= 11 is 1.62. The third-order valence-corrected chi connectivity index (χ3v) is 5.50. The lowest BCUT2D eigenvalue weighted by Crippen LogP contribution is -2.04. The van der Waals surface area contributed by atoms with Crippen LogP contribution in [0, 0.1) is 6.92 Å². The minimum Gasteiger partial charge on any atom is -0.493 e. The fourth-order valence-corrected chi connectivity index (χ4v) is 4.09. The topological polar surface area (TPSA) is 75.2 Å². The van der Waals surface area contributed by atoms with E-state index in [0.717, 1.165) is 45.3 Å². The van der Waals surface area contributed by atoms with Gasteiger partial charge in [-0.05, 0) is 25.1 Å². The van der Waals surface area contributed by atoms with Crippen molar-refractivity contribution >= 4 is 22.8 Å². The molecule has 0 unspecified atom stereocenters.